The molecule has 5 heteroatoms. The Morgan fingerprint density at radius 1 is 0.879 bits per heavy atom. The van der Waals surface area contributed by atoms with E-state index in [-0.39, 0.29) is 16.7 Å². The molecule has 0 amide bonds. The summed E-state index contributed by atoms with van der Waals surface area (Å²) in [5, 5.41) is 21.0. The maximum atomic E-state index is 11.3. The molecule has 0 fully saturated rings. The number of aromatic carboxylic acids is 1. The van der Waals surface area contributed by atoms with E-state index in [4.69, 9.17) is 4.98 Å². The highest BCUT2D eigenvalue weighted by Gasteiger charge is 2.16. The smallest absolute Gasteiger partial charge is 0.335 e. The molecule has 5 aromatic rings. The van der Waals surface area contributed by atoms with Gasteiger partial charge in [0.1, 0.15) is 17.1 Å². The summed E-state index contributed by atoms with van der Waals surface area (Å²) in [6.45, 7) is 6.61. The van der Waals surface area contributed by atoms with Crippen molar-refractivity contribution in [1.29, 1.82) is 0 Å². The van der Waals surface area contributed by atoms with Crippen LogP contribution in [0.1, 0.15) is 36.7 Å². The van der Waals surface area contributed by atoms with E-state index < -0.39 is 5.97 Å². The van der Waals surface area contributed by atoms with E-state index in [2.05, 4.69) is 62.2 Å². The number of nitrogens with zero attached hydrogens (tertiary/aromatic N) is 1. The van der Waals surface area contributed by atoms with Crippen molar-refractivity contribution in [1.82, 2.24) is 9.97 Å². The van der Waals surface area contributed by atoms with Gasteiger partial charge in [0.05, 0.1) is 16.5 Å². The average molecular weight is 437 g/mol. The van der Waals surface area contributed by atoms with Crippen LogP contribution >= 0.6 is 0 Å². The van der Waals surface area contributed by atoms with Crippen molar-refractivity contribution in [2.45, 2.75) is 26.2 Å². The normalized spacial score (nSPS) is 11.8. The number of carboxylic acids is 1. The Bertz CT molecular complexity index is 1520. The first-order chi connectivity index (χ1) is 15.7. The molecule has 0 unspecified atom stereocenters. The summed E-state index contributed by atoms with van der Waals surface area (Å²) in [5.74, 6) is -0.490. The van der Waals surface area contributed by atoms with E-state index in [9.17, 15) is 15.0 Å². The lowest BCUT2D eigenvalue weighted by Crippen LogP contribution is -2.10. The van der Waals surface area contributed by atoms with Crippen molar-refractivity contribution < 1.29 is 15.0 Å². The van der Waals surface area contributed by atoms with E-state index in [1.165, 1.54) is 11.6 Å². The number of aromatic amines is 1. The van der Waals surface area contributed by atoms with Gasteiger partial charge in [0, 0.05) is 5.56 Å². The van der Waals surface area contributed by atoms with Gasteiger partial charge in [0.15, 0.2) is 0 Å². The van der Waals surface area contributed by atoms with Gasteiger partial charge in [-0.1, -0.05) is 69.3 Å². The number of phenols is 1. The molecule has 3 N–H and O–H groups in total. The van der Waals surface area contributed by atoms with Gasteiger partial charge >= 0.3 is 5.97 Å². The Kier molecular flexibility index (Phi) is 4.71. The molecule has 0 aliphatic rings. The highest BCUT2D eigenvalue weighted by Crippen LogP contribution is 2.35. The number of hydrogen-bond donors (Lipinski definition) is 3. The summed E-state index contributed by atoms with van der Waals surface area (Å²) in [4.78, 5) is 19.4. The number of hydrogen-bond acceptors (Lipinski definition) is 3. The molecule has 0 atom stereocenters. The molecule has 0 aliphatic heterocycles. The molecule has 5 rings (SSSR count). The summed E-state index contributed by atoms with van der Waals surface area (Å²) in [5.41, 5.74) is 5.97. The summed E-state index contributed by atoms with van der Waals surface area (Å²) < 4.78 is 0. The van der Waals surface area contributed by atoms with Crippen LogP contribution in [-0.4, -0.2) is 26.2 Å². The maximum Gasteiger partial charge on any atom is 0.335 e. The zero-order valence-corrected chi connectivity index (χ0v) is 18.7. The molecule has 0 bridgehead atoms. The number of imidazole rings is 1. The molecule has 0 saturated heterocycles. The first kappa shape index (κ1) is 20.8. The van der Waals surface area contributed by atoms with E-state index in [0.29, 0.717) is 22.1 Å². The fraction of sp³-hybridized carbons (Fsp3) is 0.143. The second-order valence-corrected chi connectivity index (χ2v) is 9.35. The minimum Gasteiger partial charge on any atom is -0.507 e. The number of aromatic hydroxyl groups is 1. The lowest BCUT2D eigenvalue weighted by Gasteiger charge is -2.19. The lowest BCUT2D eigenvalue weighted by atomic mass is 9.86. The minimum absolute atomic E-state index is 0.0419. The third-order valence-electron chi connectivity index (χ3n) is 6.01. The average Bonchev–Trinajstić information content (AvgIpc) is 3.23. The zero-order valence-electron chi connectivity index (χ0n) is 18.7. The van der Waals surface area contributed by atoms with Crippen molar-refractivity contribution in [3.63, 3.8) is 0 Å². The summed E-state index contributed by atoms with van der Waals surface area (Å²) in [6.07, 6.45) is 0. The molecule has 33 heavy (non-hydrogen) atoms. The Morgan fingerprint density at radius 3 is 2.30 bits per heavy atom. The molecule has 0 radical (unpaired) electrons. The topological polar surface area (TPSA) is 86.2 Å². The van der Waals surface area contributed by atoms with Crippen LogP contribution in [0.5, 0.6) is 5.75 Å². The number of carbonyl (C=O) groups is 1. The first-order valence-corrected chi connectivity index (χ1v) is 10.8. The zero-order chi connectivity index (χ0) is 23.3. The third-order valence-corrected chi connectivity index (χ3v) is 6.01. The number of fused-ring (bicyclic) bond motifs is 3. The van der Waals surface area contributed by atoms with Crippen LogP contribution < -0.4 is 0 Å². The number of benzene rings is 4. The Morgan fingerprint density at radius 2 is 1.61 bits per heavy atom. The molecule has 0 aliphatic carbocycles. The molecule has 4 aromatic carbocycles. The van der Waals surface area contributed by atoms with E-state index in [1.54, 1.807) is 12.1 Å². The predicted octanol–water partition coefficient (Wildman–Crippen LogP) is 6.75. The molecular weight excluding hydrogens is 412 g/mol. The van der Waals surface area contributed by atoms with E-state index in [0.717, 1.165) is 22.2 Å². The monoisotopic (exact) mass is 436 g/mol. The van der Waals surface area contributed by atoms with Crippen LogP contribution in [0, 0.1) is 0 Å². The van der Waals surface area contributed by atoms with Crippen LogP contribution in [-0.2, 0) is 5.41 Å². The fourth-order valence-electron chi connectivity index (χ4n) is 4.18. The summed E-state index contributed by atoms with van der Waals surface area (Å²) in [6, 6.07) is 23.3. The van der Waals surface area contributed by atoms with Gasteiger partial charge < -0.3 is 15.2 Å². The minimum atomic E-state index is -1.08. The summed E-state index contributed by atoms with van der Waals surface area (Å²) >= 11 is 0. The molecule has 164 valence electrons. The van der Waals surface area contributed by atoms with Gasteiger partial charge in [0.2, 0.25) is 0 Å². The Hall–Kier alpha value is -4.12. The van der Waals surface area contributed by atoms with Gasteiger partial charge in [-0.05, 0) is 51.8 Å². The van der Waals surface area contributed by atoms with Crippen LogP contribution in [0.2, 0.25) is 0 Å². The highest BCUT2D eigenvalue weighted by molar-refractivity contribution is 6.10. The second-order valence-electron chi connectivity index (χ2n) is 9.35. The Balaban J connectivity index is 1.58. The van der Waals surface area contributed by atoms with Gasteiger partial charge in [-0.3, -0.25) is 0 Å². The number of H-pyrrole nitrogens is 1. The van der Waals surface area contributed by atoms with Crippen molar-refractivity contribution >= 4 is 27.8 Å². The number of nitrogens with one attached hydrogen (secondary N) is 1. The number of aromatic nitrogens is 2. The number of rotatable bonds is 3. The standard InChI is InChI=1S/C28H24N2O3/c1-28(2,3)21-10-7-16(8-11-21)17-5-4-6-19(13-17)26-29-22-12-9-18-14-20(27(32)33)15-23(31)24(18)25(22)30-26/h4-15,31H,1-3H3,(H,29,30)(H,32,33). The maximum absolute atomic E-state index is 11.3. The largest absolute Gasteiger partial charge is 0.507 e. The second kappa shape index (κ2) is 7.48. The van der Waals surface area contributed by atoms with Crippen molar-refractivity contribution in [3.8, 4) is 28.3 Å². The number of carboxylic acid groups (broad SMARTS) is 1. The quantitative estimate of drug-likeness (QED) is 0.292. The van der Waals surface area contributed by atoms with Crippen molar-refractivity contribution in [2.75, 3.05) is 0 Å². The molecule has 5 nitrogen and oxygen atoms in total. The predicted molar refractivity (Wildman–Crippen MR) is 132 cm³/mol. The third kappa shape index (κ3) is 3.72. The van der Waals surface area contributed by atoms with E-state index in [1.807, 2.05) is 18.2 Å². The lowest BCUT2D eigenvalue weighted by molar-refractivity contribution is 0.0696. The number of phenolic OH excluding ortho intramolecular Hbond substituents is 1. The van der Waals surface area contributed by atoms with Crippen LogP contribution in [0.4, 0.5) is 0 Å². The molecule has 0 spiro atoms. The summed E-state index contributed by atoms with van der Waals surface area (Å²) in [7, 11) is 0. The van der Waals surface area contributed by atoms with Gasteiger partial charge in [-0.2, -0.15) is 0 Å². The Labute approximate surface area is 191 Å². The van der Waals surface area contributed by atoms with E-state index >= 15 is 0 Å². The first-order valence-electron chi connectivity index (χ1n) is 10.8. The molecule has 1 aromatic heterocycles. The molecule has 1 heterocycles. The SMILES string of the molecule is CC(C)(C)c1ccc(-c2cccc(-c3nc4c(ccc5cc(C(=O)O)cc(O)c54)[nH]3)c2)cc1. The van der Waals surface area contributed by atoms with Crippen molar-refractivity contribution in [3.05, 3.63) is 83.9 Å². The molecular formula is C28H24N2O3. The molecule has 0 saturated carbocycles. The highest BCUT2D eigenvalue weighted by atomic mass is 16.4. The van der Waals surface area contributed by atoms with Gasteiger partial charge in [-0.15, -0.1) is 0 Å². The van der Waals surface area contributed by atoms with Gasteiger partial charge in [0.25, 0.3) is 0 Å². The van der Waals surface area contributed by atoms with Crippen molar-refractivity contribution in [2.24, 2.45) is 0 Å². The van der Waals surface area contributed by atoms with Crippen LogP contribution in [0.3, 0.4) is 0 Å². The van der Waals surface area contributed by atoms with Crippen LogP contribution in [0.15, 0.2) is 72.8 Å². The fourth-order valence-corrected chi connectivity index (χ4v) is 4.18. The van der Waals surface area contributed by atoms with Gasteiger partial charge in [-0.25, -0.2) is 9.78 Å². The van der Waals surface area contributed by atoms with Crippen LogP contribution in [0.25, 0.3) is 44.3 Å².